The van der Waals surface area contributed by atoms with Crippen LogP contribution in [0.4, 0.5) is 5.69 Å². The number of anilines is 1. The van der Waals surface area contributed by atoms with Crippen LogP contribution in [-0.2, 0) is 4.79 Å². The Hall–Kier alpha value is -1.94. The van der Waals surface area contributed by atoms with E-state index in [0.29, 0.717) is 0 Å². The molecule has 1 aliphatic rings. The van der Waals surface area contributed by atoms with Crippen molar-refractivity contribution in [1.29, 1.82) is 0 Å². The van der Waals surface area contributed by atoms with Crippen LogP contribution >= 0.6 is 11.8 Å². The summed E-state index contributed by atoms with van der Waals surface area (Å²) in [6, 6.07) is 15.8. The van der Waals surface area contributed by atoms with E-state index < -0.39 is 0 Å². The summed E-state index contributed by atoms with van der Waals surface area (Å²) >= 11 is 1.79. The summed E-state index contributed by atoms with van der Waals surface area (Å²) in [4.78, 5) is 15.4. The molecule has 0 unspecified atom stereocenters. The van der Waals surface area contributed by atoms with Gasteiger partial charge in [0.1, 0.15) is 5.75 Å². The van der Waals surface area contributed by atoms with Crippen LogP contribution in [0.15, 0.2) is 53.4 Å². The molecule has 108 valence electrons. The summed E-state index contributed by atoms with van der Waals surface area (Å²) < 4.78 is 5.59. The molecular formula is C17H17NO2S. The monoisotopic (exact) mass is 299 g/mol. The van der Waals surface area contributed by atoms with Crippen molar-refractivity contribution in [2.24, 2.45) is 0 Å². The van der Waals surface area contributed by atoms with Crippen molar-refractivity contribution in [2.75, 3.05) is 23.8 Å². The summed E-state index contributed by atoms with van der Waals surface area (Å²) in [6.07, 6.45) is 0. The molecule has 0 spiro atoms. The number of aryl methyl sites for hydroxylation is 1. The number of ether oxygens (including phenoxy) is 1. The van der Waals surface area contributed by atoms with Crippen LogP contribution in [0.3, 0.4) is 0 Å². The summed E-state index contributed by atoms with van der Waals surface area (Å²) in [7, 11) is 0. The van der Waals surface area contributed by atoms with E-state index in [1.54, 1.807) is 11.8 Å². The van der Waals surface area contributed by atoms with Crippen LogP contribution in [0.2, 0.25) is 0 Å². The van der Waals surface area contributed by atoms with Gasteiger partial charge in [-0.25, -0.2) is 0 Å². The van der Waals surface area contributed by atoms with Crippen molar-refractivity contribution in [3.8, 4) is 5.75 Å². The first-order valence-corrected chi connectivity index (χ1v) is 7.94. The molecule has 0 radical (unpaired) electrons. The van der Waals surface area contributed by atoms with E-state index in [1.807, 2.05) is 54.3 Å². The molecule has 1 heterocycles. The normalized spacial score (nSPS) is 13.7. The summed E-state index contributed by atoms with van der Waals surface area (Å²) in [6.45, 7) is 2.83. The van der Waals surface area contributed by atoms with E-state index in [1.165, 1.54) is 5.56 Å². The van der Waals surface area contributed by atoms with Crippen molar-refractivity contribution in [2.45, 2.75) is 11.8 Å². The quantitative estimate of drug-likeness (QED) is 0.868. The Morgan fingerprint density at radius 1 is 1.19 bits per heavy atom. The Labute approximate surface area is 128 Å². The van der Waals surface area contributed by atoms with Crippen LogP contribution < -0.4 is 9.64 Å². The number of fused-ring (bicyclic) bond motifs is 1. The number of para-hydroxylation sites is 1. The van der Waals surface area contributed by atoms with Gasteiger partial charge >= 0.3 is 0 Å². The molecule has 0 N–H and O–H groups in total. The van der Waals surface area contributed by atoms with Gasteiger partial charge < -0.3 is 9.64 Å². The first-order chi connectivity index (χ1) is 10.2. The lowest BCUT2D eigenvalue weighted by Crippen LogP contribution is -2.38. The minimum atomic E-state index is 0.00308. The van der Waals surface area contributed by atoms with Crippen molar-refractivity contribution in [3.63, 3.8) is 0 Å². The fourth-order valence-corrected chi connectivity index (χ4v) is 3.28. The highest BCUT2D eigenvalue weighted by atomic mass is 32.2. The van der Waals surface area contributed by atoms with Crippen molar-refractivity contribution in [3.05, 3.63) is 54.1 Å². The molecular weight excluding hydrogens is 282 g/mol. The van der Waals surface area contributed by atoms with Crippen LogP contribution in [0.5, 0.6) is 5.75 Å². The zero-order chi connectivity index (χ0) is 14.7. The molecule has 0 aromatic heterocycles. The van der Waals surface area contributed by atoms with E-state index in [0.717, 1.165) is 28.6 Å². The van der Waals surface area contributed by atoms with Crippen molar-refractivity contribution >= 4 is 23.4 Å². The number of thioether (sulfide) groups is 1. The van der Waals surface area contributed by atoms with E-state index in [9.17, 15) is 4.79 Å². The molecule has 0 fully saturated rings. The molecule has 1 aliphatic heterocycles. The topological polar surface area (TPSA) is 29.5 Å². The second-order valence-electron chi connectivity index (χ2n) is 4.96. The lowest BCUT2D eigenvalue weighted by atomic mass is 10.2. The van der Waals surface area contributed by atoms with Gasteiger partial charge in [0, 0.05) is 17.2 Å². The fraction of sp³-hybridized carbons (Fsp3) is 0.235. The van der Waals surface area contributed by atoms with Gasteiger partial charge in [-0.05, 0) is 31.2 Å². The van der Waals surface area contributed by atoms with Crippen molar-refractivity contribution < 1.29 is 9.53 Å². The smallest absolute Gasteiger partial charge is 0.264 e. The van der Waals surface area contributed by atoms with Crippen LogP contribution in [0.25, 0.3) is 0 Å². The Kier molecular flexibility index (Phi) is 4.15. The number of rotatable bonds is 3. The number of nitrogens with zero attached hydrogens (tertiary/aromatic N) is 1. The number of carbonyl (C=O) groups excluding carboxylic acids is 1. The average Bonchev–Trinajstić information content (AvgIpc) is 2.53. The van der Waals surface area contributed by atoms with E-state index in [4.69, 9.17) is 4.74 Å². The van der Waals surface area contributed by atoms with Gasteiger partial charge in [0.2, 0.25) is 0 Å². The lowest BCUT2D eigenvalue weighted by Gasteiger charge is -2.28. The molecule has 2 aromatic rings. The third kappa shape index (κ3) is 3.22. The van der Waals surface area contributed by atoms with Gasteiger partial charge in [0.05, 0.1) is 5.69 Å². The summed E-state index contributed by atoms with van der Waals surface area (Å²) in [5.41, 5.74) is 2.17. The maximum Gasteiger partial charge on any atom is 0.264 e. The average molecular weight is 299 g/mol. The third-order valence-corrected chi connectivity index (χ3v) is 4.46. The van der Waals surface area contributed by atoms with Crippen LogP contribution in [-0.4, -0.2) is 24.8 Å². The SMILES string of the molecule is Cc1ccc(OCC(=O)N2CCSc3ccccc32)cc1. The van der Waals surface area contributed by atoms with Gasteiger partial charge in [-0.1, -0.05) is 29.8 Å². The molecule has 0 saturated carbocycles. The molecule has 1 amide bonds. The highest BCUT2D eigenvalue weighted by Crippen LogP contribution is 2.34. The largest absolute Gasteiger partial charge is 0.484 e. The Balaban J connectivity index is 1.68. The predicted octanol–water partition coefficient (Wildman–Crippen LogP) is 3.51. The molecule has 2 aromatic carbocycles. The highest BCUT2D eigenvalue weighted by molar-refractivity contribution is 7.99. The molecule has 0 aliphatic carbocycles. The number of carbonyl (C=O) groups is 1. The molecule has 0 saturated heterocycles. The number of amides is 1. The molecule has 21 heavy (non-hydrogen) atoms. The zero-order valence-electron chi connectivity index (χ0n) is 11.9. The first kappa shape index (κ1) is 14.0. The van der Waals surface area contributed by atoms with Gasteiger partial charge in [-0.2, -0.15) is 0 Å². The second-order valence-corrected chi connectivity index (χ2v) is 6.10. The number of benzene rings is 2. The Bertz CT molecular complexity index is 639. The predicted molar refractivity (Wildman–Crippen MR) is 86.2 cm³/mol. The van der Waals surface area contributed by atoms with Gasteiger partial charge in [0.15, 0.2) is 6.61 Å². The van der Waals surface area contributed by atoms with Gasteiger partial charge in [-0.3, -0.25) is 4.79 Å². The molecule has 3 nitrogen and oxygen atoms in total. The summed E-state index contributed by atoms with van der Waals surface area (Å²) in [5, 5.41) is 0. The van der Waals surface area contributed by atoms with Crippen molar-refractivity contribution in [1.82, 2.24) is 0 Å². The minimum Gasteiger partial charge on any atom is -0.484 e. The maximum atomic E-state index is 12.4. The molecule has 0 bridgehead atoms. The van der Waals surface area contributed by atoms with Gasteiger partial charge in [-0.15, -0.1) is 11.8 Å². The Morgan fingerprint density at radius 2 is 1.95 bits per heavy atom. The minimum absolute atomic E-state index is 0.00308. The third-order valence-electron chi connectivity index (χ3n) is 3.41. The number of hydrogen-bond donors (Lipinski definition) is 0. The highest BCUT2D eigenvalue weighted by Gasteiger charge is 2.22. The zero-order valence-corrected chi connectivity index (χ0v) is 12.7. The van der Waals surface area contributed by atoms with Gasteiger partial charge in [0.25, 0.3) is 5.91 Å². The standard InChI is InChI=1S/C17H17NO2S/c1-13-6-8-14(9-7-13)20-12-17(19)18-10-11-21-16-5-3-2-4-15(16)18/h2-9H,10-12H2,1H3. The van der Waals surface area contributed by atoms with Crippen LogP contribution in [0.1, 0.15) is 5.56 Å². The fourth-order valence-electron chi connectivity index (χ4n) is 2.29. The molecule has 3 rings (SSSR count). The maximum absolute atomic E-state index is 12.4. The first-order valence-electron chi connectivity index (χ1n) is 6.96. The second kappa shape index (κ2) is 6.22. The van der Waals surface area contributed by atoms with E-state index in [-0.39, 0.29) is 12.5 Å². The summed E-state index contributed by atoms with van der Waals surface area (Å²) in [5.74, 6) is 1.66. The van der Waals surface area contributed by atoms with E-state index >= 15 is 0 Å². The van der Waals surface area contributed by atoms with Crippen LogP contribution in [0, 0.1) is 6.92 Å². The molecule has 4 heteroatoms. The van der Waals surface area contributed by atoms with E-state index in [2.05, 4.69) is 6.07 Å². The number of hydrogen-bond acceptors (Lipinski definition) is 3. The molecule has 0 atom stereocenters. The lowest BCUT2D eigenvalue weighted by molar-refractivity contribution is -0.120. The Morgan fingerprint density at radius 3 is 2.76 bits per heavy atom.